The topological polar surface area (TPSA) is 67.3 Å². The Balaban J connectivity index is 1.46. The summed E-state index contributed by atoms with van der Waals surface area (Å²) in [7, 11) is 1.64. The van der Waals surface area contributed by atoms with Crippen LogP contribution in [0.25, 0.3) is 0 Å². The van der Waals surface area contributed by atoms with Gasteiger partial charge in [-0.1, -0.05) is 24.3 Å². The van der Waals surface area contributed by atoms with E-state index in [4.69, 9.17) is 4.74 Å². The maximum absolute atomic E-state index is 13.9. The number of carbonyl (C=O) groups is 1. The molecule has 1 aliphatic heterocycles. The van der Waals surface area contributed by atoms with Crippen LogP contribution in [0.3, 0.4) is 0 Å². The highest BCUT2D eigenvalue weighted by Crippen LogP contribution is 2.29. The molecule has 3 aromatic rings. The maximum Gasteiger partial charge on any atom is 0.247 e. The lowest BCUT2D eigenvalue weighted by Crippen LogP contribution is -2.39. The number of nitrogens with one attached hydrogen (secondary N) is 1. The van der Waals surface area contributed by atoms with Crippen molar-refractivity contribution in [3.63, 3.8) is 0 Å². The zero-order chi connectivity index (χ0) is 20.2. The second-order valence-electron chi connectivity index (χ2n) is 6.84. The molecule has 1 amide bonds. The first kappa shape index (κ1) is 19.3. The minimum atomic E-state index is -0.443. The minimum Gasteiger partial charge on any atom is -0.497 e. The van der Waals surface area contributed by atoms with E-state index in [2.05, 4.69) is 14.7 Å². The number of carbonyl (C=O) groups excluding carboxylic acids is 1. The van der Waals surface area contributed by atoms with Crippen LogP contribution in [0.15, 0.2) is 48.5 Å². The molecule has 6 nitrogen and oxygen atoms in total. The van der Waals surface area contributed by atoms with Crippen molar-refractivity contribution in [1.82, 2.24) is 9.36 Å². The van der Waals surface area contributed by atoms with E-state index in [1.165, 1.54) is 17.6 Å². The lowest BCUT2D eigenvalue weighted by atomic mass is 10.1. The normalized spacial score (nSPS) is 16.1. The summed E-state index contributed by atoms with van der Waals surface area (Å²) in [5.41, 5.74) is 1.25. The SMILES string of the molecule is COc1cccc(Cc2nsc(N3CCCC3C(=O)Nc3ccccc3F)n2)c1. The van der Waals surface area contributed by atoms with Gasteiger partial charge in [0.2, 0.25) is 11.0 Å². The molecule has 150 valence electrons. The van der Waals surface area contributed by atoms with Gasteiger partial charge in [0.05, 0.1) is 12.8 Å². The molecule has 0 radical (unpaired) electrons. The number of methoxy groups -OCH3 is 1. The van der Waals surface area contributed by atoms with Gasteiger partial charge in [-0.15, -0.1) is 0 Å². The Morgan fingerprint density at radius 2 is 2.17 bits per heavy atom. The van der Waals surface area contributed by atoms with E-state index in [9.17, 15) is 9.18 Å². The number of ether oxygens (including phenoxy) is 1. The summed E-state index contributed by atoms with van der Waals surface area (Å²) in [6.07, 6.45) is 2.17. The predicted octanol–water partition coefficient (Wildman–Crippen LogP) is 3.88. The van der Waals surface area contributed by atoms with Crippen LogP contribution in [-0.4, -0.2) is 35.0 Å². The Kier molecular flexibility index (Phi) is 5.71. The average molecular weight is 412 g/mol. The largest absolute Gasteiger partial charge is 0.497 e. The van der Waals surface area contributed by atoms with E-state index in [-0.39, 0.29) is 17.6 Å². The molecule has 29 heavy (non-hydrogen) atoms. The van der Waals surface area contributed by atoms with E-state index >= 15 is 0 Å². The van der Waals surface area contributed by atoms with Crippen molar-refractivity contribution < 1.29 is 13.9 Å². The number of nitrogens with zero attached hydrogens (tertiary/aromatic N) is 3. The lowest BCUT2D eigenvalue weighted by molar-refractivity contribution is -0.117. The Bertz CT molecular complexity index is 1010. The number of anilines is 2. The van der Waals surface area contributed by atoms with Gasteiger partial charge in [-0.25, -0.2) is 9.37 Å². The first-order valence-corrected chi connectivity index (χ1v) is 10.2. The Labute approximate surface area is 172 Å². The third kappa shape index (κ3) is 4.37. The summed E-state index contributed by atoms with van der Waals surface area (Å²) in [6.45, 7) is 0.725. The van der Waals surface area contributed by atoms with Crippen molar-refractivity contribution in [2.45, 2.75) is 25.3 Å². The van der Waals surface area contributed by atoms with Crippen molar-refractivity contribution in [3.05, 3.63) is 65.7 Å². The van der Waals surface area contributed by atoms with Crippen LogP contribution < -0.4 is 15.0 Å². The number of hydrogen-bond donors (Lipinski definition) is 1. The quantitative estimate of drug-likeness (QED) is 0.665. The van der Waals surface area contributed by atoms with Gasteiger partial charge >= 0.3 is 0 Å². The number of halogens is 1. The summed E-state index contributed by atoms with van der Waals surface area (Å²) in [5.74, 6) is 0.833. The second kappa shape index (κ2) is 8.57. The molecule has 1 unspecified atom stereocenters. The summed E-state index contributed by atoms with van der Waals surface area (Å²) >= 11 is 1.29. The molecule has 1 aliphatic rings. The Hall–Kier alpha value is -3.00. The molecule has 1 fully saturated rings. The van der Waals surface area contributed by atoms with Crippen molar-refractivity contribution in [2.75, 3.05) is 23.9 Å². The molecule has 0 saturated carbocycles. The second-order valence-corrected chi connectivity index (χ2v) is 7.57. The lowest BCUT2D eigenvalue weighted by Gasteiger charge is -2.22. The summed E-state index contributed by atoms with van der Waals surface area (Å²) in [4.78, 5) is 19.3. The van der Waals surface area contributed by atoms with Crippen LogP contribution in [0.4, 0.5) is 15.2 Å². The third-order valence-corrected chi connectivity index (χ3v) is 5.68. The molecule has 8 heteroatoms. The van der Waals surface area contributed by atoms with E-state index in [1.807, 2.05) is 29.2 Å². The standard InChI is InChI=1S/C21H21FN4O2S/c1-28-15-7-4-6-14(12-15)13-19-24-21(29-25-19)26-11-5-10-18(26)20(27)23-17-9-3-2-8-16(17)22/h2-4,6-9,12,18H,5,10-11,13H2,1H3,(H,23,27). The molecule has 0 spiro atoms. The van der Waals surface area contributed by atoms with Gasteiger partial charge in [0.1, 0.15) is 23.4 Å². The van der Waals surface area contributed by atoms with Crippen molar-refractivity contribution in [3.8, 4) is 5.75 Å². The minimum absolute atomic E-state index is 0.195. The van der Waals surface area contributed by atoms with Gasteiger partial charge < -0.3 is 15.0 Å². The van der Waals surface area contributed by atoms with E-state index in [0.29, 0.717) is 23.8 Å². The highest BCUT2D eigenvalue weighted by Gasteiger charge is 2.33. The zero-order valence-corrected chi connectivity index (χ0v) is 16.8. The predicted molar refractivity (Wildman–Crippen MR) is 111 cm³/mol. The fourth-order valence-corrected chi connectivity index (χ4v) is 4.21. The van der Waals surface area contributed by atoms with Crippen molar-refractivity contribution in [1.29, 1.82) is 0 Å². The molecule has 0 bridgehead atoms. The molecule has 1 atom stereocenters. The van der Waals surface area contributed by atoms with E-state index in [1.54, 1.807) is 25.3 Å². The summed E-state index contributed by atoms with van der Waals surface area (Å²) in [6, 6.07) is 13.6. The van der Waals surface area contributed by atoms with Gasteiger partial charge in [-0.05, 0) is 42.7 Å². The van der Waals surface area contributed by atoms with Gasteiger partial charge in [0.25, 0.3) is 0 Å². The molecule has 2 aromatic carbocycles. The molecule has 4 rings (SSSR count). The molecule has 2 heterocycles. The van der Waals surface area contributed by atoms with E-state index < -0.39 is 5.82 Å². The van der Waals surface area contributed by atoms with E-state index in [0.717, 1.165) is 24.3 Å². The average Bonchev–Trinajstić information content (AvgIpc) is 3.39. The first-order valence-electron chi connectivity index (χ1n) is 9.41. The van der Waals surface area contributed by atoms with Gasteiger partial charge in [0.15, 0.2) is 0 Å². The van der Waals surface area contributed by atoms with Crippen LogP contribution >= 0.6 is 11.5 Å². The smallest absolute Gasteiger partial charge is 0.247 e. The number of aromatic nitrogens is 2. The molecule has 1 aromatic heterocycles. The molecular weight excluding hydrogens is 391 g/mol. The number of amides is 1. The molecule has 1 saturated heterocycles. The molecule has 1 N–H and O–H groups in total. The van der Waals surface area contributed by atoms with Crippen LogP contribution in [0.1, 0.15) is 24.2 Å². The van der Waals surface area contributed by atoms with Crippen molar-refractivity contribution in [2.24, 2.45) is 0 Å². The Morgan fingerprint density at radius 1 is 1.31 bits per heavy atom. The number of rotatable bonds is 6. The zero-order valence-electron chi connectivity index (χ0n) is 16.0. The summed E-state index contributed by atoms with van der Waals surface area (Å²) < 4.78 is 23.6. The fraction of sp³-hybridized carbons (Fsp3) is 0.286. The Morgan fingerprint density at radius 3 is 3.00 bits per heavy atom. The van der Waals surface area contributed by atoms with Crippen LogP contribution in [0, 0.1) is 5.82 Å². The first-order chi connectivity index (χ1) is 14.1. The highest BCUT2D eigenvalue weighted by molar-refractivity contribution is 7.09. The van der Waals surface area contributed by atoms with Crippen LogP contribution in [0.5, 0.6) is 5.75 Å². The summed E-state index contributed by atoms with van der Waals surface area (Å²) in [5, 5.41) is 3.41. The van der Waals surface area contributed by atoms with Gasteiger partial charge in [-0.2, -0.15) is 4.37 Å². The maximum atomic E-state index is 13.9. The number of para-hydroxylation sites is 1. The number of benzene rings is 2. The van der Waals surface area contributed by atoms with Crippen molar-refractivity contribution >= 4 is 28.3 Å². The monoisotopic (exact) mass is 412 g/mol. The van der Waals surface area contributed by atoms with Gasteiger partial charge in [-0.3, -0.25) is 4.79 Å². The molecular formula is C21H21FN4O2S. The molecule has 0 aliphatic carbocycles. The van der Waals surface area contributed by atoms with Crippen LogP contribution in [0.2, 0.25) is 0 Å². The fourth-order valence-electron chi connectivity index (χ4n) is 3.45. The third-order valence-electron chi connectivity index (χ3n) is 4.89. The highest BCUT2D eigenvalue weighted by atomic mass is 32.1. The van der Waals surface area contributed by atoms with Gasteiger partial charge in [0, 0.05) is 24.5 Å². The van der Waals surface area contributed by atoms with Crippen LogP contribution in [-0.2, 0) is 11.2 Å². The number of hydrogen-bond acceptors (Lipinski definition) is 6.